The third kappa shape index (κ3) is 12.0. The van der Waals surface area contributed by atoms with E-state index in [-0.39, 0.29) is 36.2 Å². The van der Waals surface area contributed by atoms with Gasteiger partial charge in [-0.05, 0) is 106 Å². The highest BCUT2D eigenvalue weighted by Crippen LogP contribution is 2.30. The second kappa shape index (κ2) is 18.9. The number of benzene rings is 3. The minimum atomic E-state index is -0.639. The Labute approximate surface area is 328 Å². The van der Waals surface area contributed by atoms with Crippen molar-refractivity contribution in [3.05, 3.63) is 114 Å². The van der Waals surface area contributed by atoms with Crippen molar-refractivity contribution in [3.63, 3.8) is 0 Å². The van der Waals surface area contributed by atoms with E-state index in [0.29, 0.717) is 44.5 Å². The number of amides is 3. The van der Waals surface area contributed by atoms with Crippen molar-refractivity contribution < 1.29 is 33.0 Å². The van der Waals surface area contributed by atoms with E-state index >= 15 is 0 Å². The number of ether oxygens (including phenoxy) is 3. The lowest BCUT2D eigenvalue weighted by Crippen LogP contribution is -2.49. The molecule has 1 saturated heterocycles. The van der Waals surface area contributed by atoms with E-state index in [0.717, 1.165) is 61.4 Å². The van der Waals surface area contributed by atoms with Crippen molar-refractivity contribution in [3.8, 4) is 22.8 Å². The summed E-state index contributed by atoms with van der Waals surface area (Å²) in [5, 5.41) is 5.91. The van der Waals surface area contributed by atoms with Crippen molar-refractivity contribution in [2.75, 3.05) is 32.7 Å². The topological polar surface area (TPSA) is 122 Å². The number of aromatic nitrogens is 1. The first-order valence-electron chi connectivity index (χ1n) is 19.5. The van der Waals surface area contributed by atoms with E-state index in [1.165, 1.54) is 5.56 Å². The standard InChI is InChI=1S/C44H52FN5O6/c1-44(2,3)56-42(52)48-37-19-17-36(18-20-37)47-40(51)39-28-35(45)29-46-41(39)55-38-16-8-15-34(27-38)33-14-7-12-31(26-33)13-9-21-49-22-24-50(25-23-49)43(53)54-30-32-10-5-4-6-11-32/h4-8,10-12,14-16,26-29,36-37H,9,13,17-25,30H2,1-3H3,(H,47,51)(H,48,52). The van der Waals surface area contributed by atoms with Gasteiger partial charge in [0.15, 0.2) is 0 Å². The molecular formula is C44H52FN5O6. The largest absolute Gasteiger partial charge is 0.445 e. The first-order chi connectivity index (χ1) is 27.0. The van der Waals surface area contributed by atoms with Crippen molar-refractivity contribution in [1.82, 2.24) is 25.4 Å². The van der Waals surface area contributed by atoms with Gasteiger partial charge in [-0.1, -0.05) is 66.7 Å². The molecule has 1 aliphatic heterocycles. The van der Waals surface area contributed by atoms with Crippen LogP contribution in [0.5, 0.6) is 11.6 Å². The molecule has 3 aromatic carbocycles. The number of carbonyl (C=O) groups excluding carboxylic acids is 3. The fourth-order valence-electron chi connectivity index (χ4n) is 7.02. The van der Waals surface area contributed by atoms with Gasteiger partial charge in [0.2, 0.25) is 5.88 Å². The first-order valence-corrected chi connectivity index (χ1v) is 19.5. The Hall–Kier alpha value is -5.49. The van der Waals surface area contributed by atoms with Gasteiger partial charge in [0.05, 0.1) is 6.20 Å². The van der Waals surface area contributed by atoms with Crippen molar-refractivity contribution in [2.45, 2.75) is 83.6 Å². The van der Waals surface area contributed by atoms with Crippen LogP contribution in [0.25, 0.3) is 11.1 Å². The molecule has 2 fully saturated rings. The lowest BCUT2D eigenvalue weighted by Gasteiger charge is -2.34. The summed E-state index contributed by atoms with van der Waals surface area (Å²) in [6.45, 7) is 9.61. The van der Waals surface area contributed by atoms with E-state index in [1.807, 2.05) is 81.4 Å². The zero-order valence-electron chi connectivity index (χ0n) is 32.5. The Bertz CT molecular complexity index is 1940. The number of carbonyl (C=O) groups is 3. The maximum Gasteiger partial charge on any atom is 0.410 e. The molecule has 296 valence electrons. The minimum Gasteiger partial charge on any atom is -0.445 e. The van der Waals surface area contributed by atoms with Crippen LogP contribution < -0.4 is 15.4 Å². The fraction of sp³-hybridized carbons (Fsp3) is 0.409. The van der Waals surface area contributed by atoms with E-state index in [1.54, 1.807) is 11.0 Å². The van der Waals surface area contributed by atoms with Crippen LogP contribution in [-0.4, -0.2) is 83.3 Å². The van der Waals surface area contributed by atoms with Gasteiger partial charge in [-0.3, -0.25) is 9.69 Å². The lowest BCUT2D eigenvalue weighted by atomic mass is 9.91. The van der Waals surface area contributed by atoms with Gasteiger partial charge >= 0.3 is 12.2 Å². The van der Waals surface area contributed by atoms with Crippen molar-refractivity contribution >= 4 is 18.1 Å². The van der Waals surface area contributed by atoms with Crippen LogP contribution in [-0.2, 0) is 22.5 Å². The second-order valence-electron chi connectivity index (χ2n) is 15.5. The second-order valence-corrected chi connectivity index (χ2v) is 15.5. The van der Waals surface area contributed by atoms with Crippen LogP contribution in [0.3, 0.4) is 0 Å². The molecule has 1 aromatic heterocycles. The van der Waals surface area contributed by atoms with Crippen LogP contribution in [0.2, 0.25) is 0 Å². The molecule has 0 spiro atoms. The summed E-state index contributed by atoms with van der Waals surface area (Å²) >= 11 is 0. The van der Waals surface area contributed by atoms with E-state index in [9.17, 15) is 18.8 Å². The normalized spacial score (nSPS) is 17.5. The number of rotatable bonds is 12. The maximum absolute atomic E-state index is 14.4. The fourth-order valence-corrected chi connectivity index (χ4v) is 7.02. The number of aryl methyl sites for hydroxylation is 1. The smallest absolute Gasteiger partial charge is 0.410 e. The molecule has 0 unspecified atom stereocenters. The Morgan fingerprint density at radius 1 is 0.804 bits per heavy atom. The lowest BCUT2D eigenvalue weighted by molar-refractivity contribution is 0.0487. The summed E-state index contributed by atoms with van der Waals surface area (Å²) in [7, 11) is 0. The van der Waals surface area contributed by atoms with Gasteiger partial charge in [-0.15, -0.1) is 0 Å². The third-order valence-electron chi connectivity index (χ3n) is 9.93. The number of hydrogen-bond acceptors (Lipinski definition) is 8. The minimum absolute atomic E-state index is 0.0100. The molecule has 6 rings (SSSR count). The Morgan fingerprint density at radius 3 is 2.18 bits per heavy atom. The van der Waals surface area contributed by atoms with Crippen LogP contribution in [0.4, 0.5) is 14.0 Å². The molecule has 0 radical (unpaired) electrons. The van der Waals surface area contributed by atoms with Crippen molar-refractivity contribution in [1.29, 1.82) is 0 Å². The molecule has 12 heteroatoms. The Morgan fingerprint density at radius 2 is 1.46 bits per heavy atom. The molecule has 2 heterocycles. The molecule has 2 N–H and O–H groups in total. The highest BCUT2D eigenvalue weighted by atomic mass is 19.1. The molecule has 0 bridgehead atoms. The highest BCUT2D eigenvalue weighted by Gasteiger charge is 2.27. The summed E-state index contributed by atoms with van der Waals surface area (Å²) in [5.74, 6) is -0.625. The monoisotopic (exact) mass is 765 g/mol. The highest BCUT2D eigenvalue weighted by molar-refractivity contribution is 5.96. The molecule has 0 atom stereocenters. The quantitative estimate of drug-likeness (QED) is 0.148. The summed E-state index contributed by atoms with van der Waals surface area (Å²) < 4.78 is 31.4. The summed E-state index contributed by atoms with van der Waals surface area (Å²) in [5.41, 5.74) is 3.58. The maximum atomic E-state index is 14.4. The SMILES string of the molecule is CC(C)(C)OC(=O)NC1CCC(NC(=O)c2cc(F)cnc2Oc2cccc(-c3cccc(CCCN4CCN(C(=O)OCc5ccccc5)CC4)c3)c2)CC1. The molecule has 56 heavy (non-hydrogen) atoms. The van der Waals surface area contributed by atoms with Gasteiger partial charge in [0.1, 0.15) is 29.3 Å². The van der Waals surface area contributed by atoms with Gasteiger partial charge in [0, 0.05) is 38.3 Å². The Balaban J connectivity index is 0.978. The molecule has 1 saturated carbocycles. The predicted octanol–water partition coefficient (Wildman–Crippen LogP) is 8.13. The summed E-state index contributed by atoms with van der Waals surface area (Å²) in [6.07, 6.45) is 4.86. The van der Waals surface area contributed by atoms with Gasteiger partial charge in [-0.2, -0.15) is 0 Å². The summed E-state index contributed by atoms with van der Waals surface area (Å²) in [4.78, 5) is 46.4. The molecule has 4 aromatic rings. The number of nitrogens with one attached hydrogen (secondary N) is 2. The molecule has 3 amide bonds. The third-order valence-corrected chi connectivity index (χ3v) is 9.93. The van der Waals surface area contributed by atoms with E-state index in [2.05, 4.69) is 32.7 Å². The molecule has 2 aliphatic rings. The predicted molar refractivity (Wildman–Crippen MR) is 212 cm³/mol. The average molecular weight is 766 g/mol. The first kappa shape index (κ1) is 40.2. The van der Waals surface area contributed by atoms with E-state index < -0.39 is 23.4 Å². The van der Waals surface area contributed by atoms with Crippen LogP contribution in [0, 0.1) is 5.82 Å². The van der Waals surface area contributed by atoms with Crippen LogP contribution >= 0.6 is 0 Å². The van der Waals surface area contributed by atoms with Gasteiger partial charge in [0.25, 0.3) is 5.91 Å². The zero-order chi connectivity index (χ0) is 39.5. The van der Waals surface area contributed by atoms with Gasteiger partial charge < -0.3 is 29.7 Å². The zero-order valence-corrected chi connectivity index (χ0v) is 32.5. The molecular weight excluding hydrogens is 714 g/mol. The number of halogens is 1. The molecule has 1 aliphatic carbocycles. The summed E-state index contributed by atoms with van der Waals surface area (Å²) in [6, 6.07) is 26.6. The number of hydrogen-bond donors (Lipinski definition) is 2. The van der Waals surface area contributed by atoms with E-state index in [4.69, 9.17) is 14.2 Å². The number of pyridine rings is 1. The van der Waals surface area contributed by atoms with Gasteiger partial charge in [-0.25, -0.2) is 19.0 Å². The number of alkyl carbamates (subject to hydrolysis) is 1. The number of nitrogens with zero attached hydrogens (tertiary/aromatic N) is 3. The van der Waals surface area contributed by atoms with Crippen LogP contribution in [0.15, 0.2) is 91.1 Å². The number of piperazine rings is 1. The van der Waals surface area contributed by atoms with Crippen LogP contribution in [0.1, 0.15) is 74.4 Å². The van der Waals surface area contributed by atoms with Crippen molar-refractivity contribution in [2.24, 2.45) is 0 Å². The Kier molecular flexibility index (Phi) is 13.6. The average Bonchev–Trinajstić information content (AvgIpc) is 3.18. The molecule has 11 nitrogen and oxygen atoms in total.